The Hall–Kier alpha value is -1.45. The van der Waals surface area contributed by atoms with Crippen LogP contribution >= 0.6 is 11.8 Å². The zero-order chi connectivity index (χ0) is 19.0. The first kappa shape index (κ1) is 18.9. The highest BCUT2D eigenvalue weighted by atomic mass is 32.2. The van der Waals surface area contributed by atoms with Crippen molar-refractivity contribution in [3.05, 3.63) is 23.8 Å². The number of thioether (sulfide) groups is 1. The van der Waals surface area contributed by atoms with Crippen molar-refractivity contribution >= 4 is 39.2 Å². The quantitative estimate of drug-likeness (QED) is 0.769. The molecule has 0 aromatic heterocycles. The summed E-state index contributed by atoms with van der Waals surface area (Å²) >= 11 is 1.79. The van der Waals surface area contributed by atoms with Gasteiger partial charge in [0.15, 0.2) is 0 Å². The predicted octanol–water partition coefficient (Wildman–Crippen LogP) is 1.49. The zero-order valence-corrected chi connectivity index (χ0v) is 17.3. The van der Waals surface area contributed by atoms with Gasteiger partial charge in [-0.3, -0.25) is 14.7 Å². The van der Waals surface area contributed by atoms with Crippen LogP contribution in [0.4, 0.5) is 0 Å². The summed E-state index contributed by atoms with van der Waals surface area (Å²) in [5.74, 6) is 0.721. The summed E-state index contributed by atoms with van der Waals surface area (Å²) in [6.45, 7) is 6.34. The average Bonchev–Trinajstić information content (AvgIpc) is 3.15. The molecule has 27 heavy (non-hydrogen) atoms. The Morgan fingerprint density at radius 2 is 2.11 bits per heavy atom. The van der Waals surface area contributed by atoms with Crippen molar-refractivity contribution < 1.29 is 4.21 Å². The van der Waals surface area contributed by atoms with Crippen molar-refractivity contribution in [1.29, 1.82) is 4.78 Å². The van der Waals surface area contributed by atoms with E-state index >= 15 is 0 Å². The van der Waals surface area contributed by atoms with E-state index < -0.39 is 9.73 Å². The molecule has 0 radical (unpaired) electrons. The van der Waals surface area contributed by atoms with Crippen LogP contribution in [0.2, 0.25) is 0 Å². The second kappa shape index (κ2) is 7.52. The van der Waals surface area contributed by atoms with E-state index in [-0.39, 0.29) is 5.25 Å². The molecule has 0 aromatic rings. The normalized spacial score (nSPS) is 34.0. The minimum atomic E-state index is -2.63. The number of guanidine groups is 1. The molecule has 0 aromatic carbocycles. The molecule has 4 aliphatic rings. The standard InChI is InChI=1S/C18H26N6OS2/c1-13(14-3-4-17-16(9-14)22-12-26-17)23-5-7-24(8-6-23)18-20-10-15(11-21-18)27(2,19)25/h3-4,9-10,12-13,15-17,19H,5-8,11H2,1-2H3/t13-,15?,16?,17?,27-/m0/s1. The van der Waals surface area contributed by atoms with Crippen LogP contribution in [-0.2, 0) is 9.73 Å². The summed E-state index contributed by atoms with van der Waals surface area (Å²) in [5, 5.41) is 0.109. The molecule has 1 fully saturated rings. The summed E-state index contributed by atoms with van der Waals surface area (Å²) in [4.78, 5) is 18.1. The number of hydrogen-bond acceptors (Lipinski definition) is 8. The minimum absolute atomic E-state index is 0.295. The van der Waals surface area contributed by atoms with E-state index in [0.717, 1.165) is 32.1 Å². The van der Waals surface area contributed by atoms with Gasteiger partial charge in [0.2, 0.25) is 5.96 Å². The maximum atomic E-state index is 11.8. The second-order valence-electron chi connectivity index (χ2n) is 7.43. The fraction of sp³-hybridized carbons (Fsp3) is 0.611. The van der Waals surface area contributed by atoms with Gasteiger partial charge < -0.3 is 4.90 Å². The third-order valence-electron chi connectivity index (χ3n) is 5.60. The molecule has 7 nitrogen and oxygen atoms in total. The number of fused-ring (bicyclic) bond motifs is 1. The lowest BCUT2D eigenvalue weighted by molar-refractivity contribution is 0.156. The maximum Gasteiger partial charge on any atom is 0.220 e. The number of piperazine rings is 1. The number of hydrogen-bond donors (Lipinski definition) is 1. The Balaban J connectivity index is 1.33. The maximum absolute atomic E-state index is 11.8. The van der Waals surface area contributed by atoms with Crippen LogP contribution in [0.3, 0.4) is 0 Å². The molecule has 3 heterocycles. The Morgan fingerprint density at radius 3 is 2.78 bits per heavy atom. The Morgan fingerprint density at radius 1 is 1.33 bits per heavy atom. The number of nitrogens with one attached hydrogen (secondary N) is 1. The lowest BCUT2D eigenvalue weighted by atomic mass is 9.96. The fourth-order valence-corrected chi connectivity index (χ4v) is 5.23. The molecule has 146 valence electrons. The van der Waals surface area contributed by atoms with Crippen molar-refractivity contribution in [1.82, 2.24) is 9.80 Å². The monoisotopic (exact) mass is 406 g/mol. The van der Waals surface area contributed by atoms with Crippen LogP contribution in [0.5, 0.6) is 0 Å². The van der Waals surface area contributed by atoms with Crippen molar-refractivity contribution in [2.24, 2.45) is 15.0 Å². The van der Waals surface area contributed by atoms with E-state index in [4.69, 9.17) is 4.78 Å². The van der Waals surface area contributed by atoms with Gasteiger partial charge in [0.05, 0.1) is 38.4 Å². The highest BCUT2D eigenvalue weighted by Gasteiger charge is 2.29. The van der Waals surface area contributed by atoms with Gasteiger partial charge in [-0.05, 0) is 12.5 Å². The molecular weight excluding hydrogens is 380 g/mol. The van der Waals surface area contributed by atoms with E-state index in [1.54, 1.807) is 18.0 Å². The molecule has 1 N–H and O–H groups in total. The van der Waals surface area contributed by atoms with E-state index in [0.29, 0.717) is 23.9 Å². The van der Waals surface area contributed by atoms with Gasteiger partial charge in [-0.2, -0.15) is 0 Å². The van der Waals surface area contributed by atoms with Crippen LogP contribution < -0.4 is 0 Å². The van der Waals surface area contributed by atoms with E-state index in [1.807, 2.05) is 5.55 Å². The SMILES string of the molecule is C[C@@H](C1=CC2N=CSC2C=C1)N1CCN(C2=NCC([S@@](C)(=N)=O)C=N2)CC1. The highest BCUT2D eigenvalue weighted by molar-refractivity contribution is 8.13. The smallest absolute Gasteiger partial charge is 0.220 e. The first-order valence-electron chi connectivity index (χ1n) is 9.29. The lowest BCUT2D eigenvalue weighted by Crippen LogP contribution is -2.52. The van der Waals surface area contributed by atoms with Gasteiger partial charge in [0.1, 0.15) is 0 Å². The van der Waals surface area contributed by atoms with Crippen molar-refractivity contribution in [2.75, 3.05) is 39.0 Å². The largest absolute Gasteiger partial charge is 0.339 e. The van der Waals surface area contributed by atoms with E-state index in [9.17, 15) is 4.21 Å². The summed E-state index contributed by atoms with van der Waals surface area (Å²) in [7, 11) is -2.63. The predicted molar refractivity (Wildman–Crippen MR) is 115 cm³/mol. The Kier molecular flexibility index (Phi) is 5.26. The topological polar surface area (TPSA) is 84.5 Å². The molecule has 4 rings (SSSR count). The van der Waals surface area contributed by atoms with E-state index in [1.165, 1.54) is 11.8 Å². The van der Waals surface area contributed by atoms with Gasteiger partial charge in [-0.25, -0.2) is 14.2 Å². The molecule has 1 saturated heterocycles. The summed E-state index contributed by atoms with van der Waals surface area (Å²) in [5.41, 5.74) is 3.32. The molecule has 0 spiro atoms. The van der Waals surface area contributed by atoms with Gasteiger partial charge in [-0.1, -0.05) is 18.2 Å². The summed E-state index contributed by atoms with van der Waals surface area (Å²) < 4.78 is 19.5. The van der Waals surface area contributed by atoms with Gasteiger partial charge in [0.25, 0.3) is 0 Å². The van der Waals surface area contributed by atoms with Crippen LogP contribution in [-0.4, -0.2) is 93.3 Å². The first-order chi connectivity index (χ1) is 12.9. The van der Waals surface area contributed by atoms with Crippen molar-refractivity contribution in [2.45, 2.75) is 29.5 Å². The molecule has 0 bridgehead atoms. The van der Waals surface area contributed by atoms with E-state index in [2.05, 4.69) is 49.9 Å². The molecule has 9 heteroatoms. The molecule has 1 aliphatic carbocycles. The third-order valence-corrected chi connectivity index (χ3v) is 8.02. The fourth-order valence-electron chi connectivity index (χ4n) is 3.74. The lowest BCUT2D eigenvalue weighted by Gasteiger charge is -2.39. The van der Waals surface area contributed by atoms with Gasteiger partial charge >= 0.3 is 0 Å². The van der Waals surface area contributed by atoms with Gasteiger partial charge in [-0.15, -0.1) is 11.8 Å². The first-order valence-corrected chi connectivity index (χ1v) is 12.3. The van der Waals surface area contributed by atoms with Crippen LogP contribution in [0.15, 0.2) is 38.8 Å². The Bertz CT molecular complexity index is 836. The molecule has 0 amide bonds. The minimum Gasteiger partial charge on any atom is -0.339 e. The van der Waals surface area contributed by atoms with Crippen LogP contribution in [0.1, 0.15) is 6.92 Å². The molecule has 3 aliphatic heterocycles. The summed E-state index contributed by atoms with van der Waals surface area (Å²) in [6, 6.07) is 0.669. The molecule has 5 atom stereocenters. The molecule has 3 unspecified atom stereocenters. The second-order valence-corrected chi connectivity index (χ2v) is 10.9. The zero-order valence-electron chi connectivity index (χ0n) is 15.7. The highest BCUT2D eigenvalue weighted by Crippen LogP contribution is 2.30. The van der Waals surface area contributed by atoms with Gasteiger partial charge in [0, 0.05) is 44.7 Å². The number of rotatable bonds is 3. The van der Waals surface area contributed by atoms with Crippen molar-refractivity contribution in [3.8, 4) is 0 Å². The number of aliphatic imine (C=N–C) groups is 3. The van der Waals surface area contributed by atoms with Crippen LogP contribution in [0, 0.1) is 4.78 Å². The molecular formula is C18H26N6OS2. The summed E-state index contributed by atoms with van der Waals surface area (Å²) in [6.07, 6.45) is 9.97. The van der Waals surface area contributed by atoms with Crippen molar-refractivity contribution in [3.63, 3.8) is 0 Å². The Labute approximate surface area is 165 Å². The molecule has 0 saturated carbocycles. The average molecular weight is 407 g/mol. The third kappa shape index (κ3) is 4.05. The van der Waals surface area contributed by atoms with Crippen LogP contribution in [0.25, 0.3) is 0 Å². The number of nitrogens with zero attached hydrogens (tertiary/aromatic N) is 5.